The molecule has 188 valence electrons. The van der Waals surface area contributed by atoms with Crippen molar-refractivity contribution in [1.82, 2.24) is 0 Å². The molecule has 4 aliphatic carbocycles. The summed E-state index contributed by atoms with van der Waals surface area (Å²) in [6, 6.07) is 0. The van der Waals surface area contributed by atoms with Crippen LogP contribution in [0.15, 0.2) is 23.8 Å². The molecule has 4 aliphatic rings. The third-order valence-electron chi connectivity index (χ3n) is 9.75. The number of aliphatic hydroxyl groups is 2. The van der Waals surface area contributed by atoms with Crippen LogP contribution >= 0.6 is 0 Å². The number of aliphatic hydroxyl groups excluding tert-OH is 1. The number of ether oxygens (including phenoxy) is 1. The Balaban J connectivity index is 1.65. The number of fused-ring (bicyclic) bond motifs is 5. The number of hydrogen-bond donors (Lipinski definition) is 2. The highest BCUT2D eigenvalue weighted by atomic mass is 19.1. The molecule has 3 fully saturated rings. The first kappa shape index (κ1) is 25.2. The van der Waals surface area contributed by atoms with E-state index < -0.39 is 58.4 Å². The predicted molar refractivity (Wildman–Crippen MR) is 123 cm³/mol. The number of carbonyl (C=O) groups excluding carboxylic acids is 3. The molecule has 0 spiro atoms. The molecule has 8 atom stereocenters. The van der Waals surface area contributed by atoms with E-state index in [2.05, 4.69) is 0 Å². The SMILES string of the molecule is CCCCC(=O)OCC(=O)[C@@]1(O)[C@H](C)C[C@H]2[C@@H]3CCC4=CC(=O)C=C[C@]4(C)C3(F)[C@@H](O)C[C@@]21C. The number of carbonyl (C=O) groups is 3. The lowest BCUT2D eigenvalue weighted by molar-refractivity contribution is -0.220. The fraction of sp³-hybridized carbons (Fsp3) is 0.741. The minimum absolute atomic E-state index is 0.0916. The second-order valence-electron chi connectivity index (χ2n) is 11.4. The van der Waals surface area contributed by atoms with E-state index in [1.54, 1.807) is 26.8 Å². The van der Waals surface area contributed by atoms with Gasteiger partial charge in [0.25, 0.3) is 0 Å². The maximum absolute atomic E-state index is 17.1. The molecule has 0 amide bonds. The van der Waals surface area contributed by atoms with Gasteiger partial charge in [-0.25, -0.2) is 4.39 Å². The van der Waals surface area contributed by atoms with Gasteiger partial charge in [-0.3, -0.25) is 14.4 Å². The Morgan fingerprint density at radius 1 is 1.26 bits per heavy atom. The third kappa shape index (κ3) is 3.22. The Labute approximate surface area is 200 Å². The van der Waals surface area contributed by atoms with E-state index in [1.807, 2.05) is 6.92 Å². The van der Waals surface area contributed by atoms with Crippen LogP contribution in [0, 0.1) is 28.6 Å². The van der Waals surface area contributed by atoms with E-state index in [0.29, 0.717) is 31.3 Å². The second kappa shape index (κ2) is 8.37. The molecule has 1 unspecified atom stereocenters. The molecule has 34 heavy (non-hydrogen) atoms. The number of hydrogen-bond acceptors (Lipinski definition) is 6. The topological polar surface area (TPSA) is 101 Å². The molecule has 4 rings (SSSR count). The summed E-state index contributed by atoms with van der Waals surface area (Å²) in [4.78, 5) is 37.2. The quantitative estimate of drug-likeness (QED) is 0.568. The summed E-state index contributed by atoms with van der Waals surface area (Å²) in [5, 5.41) is 23.2. The number of esters is 1. The van der Waals surface area contributed by atoms with Crippen molar-refractivity contribution in [2.75, 3.05) is 6.61 Å². The number of unbranched alkanes of at least 4 members (excludes halogenated alkanes) is 1. The van der Waals surface area contributed by atoms with Crippen LogP contribution in [0.2, 0.25) is 0 Å². The fourth-order valence-electron chi connectivity index (χ4n) is 7.79. The van der Waals surface area contributed by atoms with Gasteiger partial charge < -0.3 is 14.9 Å². The Hall–Kier alpha value is -1.86. The molecular weight excluding hydrogens is 439 g/mol. The molecule has 0 aromatic carbocycles. The minimum atomic E-state index is -2.01. The van der Waals surface area contributed by atoms with Gasteiger partial charge in [0.1, 0.15) is 5.60 Å². The largest absolute Gasteiger partial charge is 0.458 e. The molecule has 3 saturated carbocycles. The maximum Gasteiger partial charge on any atom is 0.306 e. The van der Waals surface area contributed by atoms with Gasteiger partial charge in [-0.15, -0.1) is 0 Å². The van der Waals surface area contributed by atoms with Crippen molar-refractivity contribution in [3.8, 4) is 0 Å². The van der Waals surface area contributed by atoms with E-state index in [4.69, 9.17) is 4.74 Å². The summed E-state index contributed by atoms with van der Waals surface area (Å²) in [6.07, 6.45) is 6.03. The third-order valence-corrected chi connectivity index (χ3v) is 9.75. The van der Waals surface area contributed by atoms with Crippen LogP contribution in [0.1, 0.15) is 72.6 Å². The van der Waals surface area contributed by atoms with Crippen LogP contribution in [-0.2, 0) is 19.1 Å². The summed E-state index contributed by atoms with van der Waals surface area (Å²) in [6.45, 7) is 6.72. The van der Waals surface area contributed by atoms with Crippen molar-refractivity contribution in [1.29, 1.82) is 0 Å². The van der Waals surface area contributed by atoms with Crippen LogP contribution in [0.4, 0.5) is 4.39 Å². The molecule has 6 nitrogen and oxygen atoms in total. The van der Waals surface area contributed by atoms with Crippen LogP contribution in [0.3, 0.4) is 0 Å². The van der Waals surface area contributed by atoms with E-state index in [0.717, 1.165) is 6.42 Å². The van der Waals surface area contributed by atoms with Crippen LogP contribution in [0.25, 0.3) is 0 Å². The van der Waals surface area contributed by atoms with Gasteiger partial charge in [0, 0.05) is 23.2 Å². The lowest BCUT2D eigenvalue weighted by atomic mass is 9.44. The van der Waals surface area contributed by atoms with E-state index in [9.17, 15) is 24.6 Å². The van der Waals surface area contributed by atoms with Crippen molar-refractivity contribution in [3.05, 3.63) is 23.8 Å². The zero-order chi connectivity index (χ0) is 25.1. The average Bonchev–Trinajstić information content (AvgIpc) is 2.99. The average molecular weight is 477 g/mol. The number of halogens is 1. The molecule has 0 bridgehead atoms. The van der Waals surface area contributed by atoms with E-state index in [-0.39, 0.29) is 24.5 Å². The van der Waals surface area contributed by atoms with Gasteiger partial charge in [-0.05, 0) is 63.0 Å². The van der Waals surface area contributed by atoms with Crippen molar-refractivity contribution >= 4 is 17.5 Å². The highest BCUT2D eigenvalue weighted by Gasteiger charge is 2.75. The van der Waals surface area contributed by atoms with E-state index in [1.165, 1.54) is 12.2 Å². The monoisotopic (exact) mass is 476 g/mol. The van der Waals surface area contributed by atoms with Gasteiger partial charge in [0.15, 0.2) is 18.1 Å². The highest BCUT2D eigenvalue weighted by molar-refractivity contribution is 6.01. The zero-order valence-corrected chi connectivity index (χ0v) is 20.6. The van der Waals surface area contributed by atoms with Crippen LogP contribution < -0.4 is 0 Å². The Morgan fingerprint density at radius 3 is 2.65 bits per heavy atom. The van der Waals surface area contributed by atoms with Gasteiger partial charge in [-0.2, -0.15) is 0 Å². The number of allylic oxidation sites excluding steroid dienone is 4. The molecule has 0 aromatic heterocycles. The maximum atomic E-state index is 17.1. The first-order valence-corrected chi connectivity index (χ1v) is 12.6. The summed E-state index contributed by atoms with van der Waals surface area (Å²) >= 11 is 0. The summed E-state index contributed by atoms with van der Waals surface area (Å²) < 4.78 is 22.3. The van der Waals surface area contributed by atoms with E-state index >= 15 is 4.39 Å². The summed E-state index contributed by atoms with van der Waals surface area (Å²) in [7, 11) is 0. The second-order valence-corrected chi connectivity index (χ2v) is 11.4. The molecule has 0 heterocycles. The smallest absolute Gasteiger partial charge is 0.306 e. The number of alkyl halides is 1. The molecule has 0 radical (unpaired) electrons. The van der Waals surface area contributed by atoms with Gasteiger partial charge in [-0.1, -0.05) is 38.8 Å². The highest BCUT2D eigenvalue weighted by Crippen LogP contribution is 2.70. The van der Waals surface area contributed by atoms with Gasteiger partial charge in [0.05, 0.1) is 6.10 Å². The molecule has 0 aliphatic heterocycles. The van der Waals surface area contributed by atoms with Crippen LogP contribution in [0.5, 0.6) is 0 Å². The zero-order valence-electron chi connectivity index (χ0n) is 20.6. The number of Topliss-reactive ketones (excluding diaryl/α,β-unsaturated/α-hetero) is 1. The molecular formula is C27H37FO6. The van der Waals surface area contributed by atoms with Crippen molar-refractivity contribution < 1.29 is 33.7 Å². The van der Waals surface area contributed by atoms with Crippen molar-refractivity contribution in [2.24, 2.45) is 28.6 Å². The Kier molecular flexibility index (Phi) is 6.21. The lowest BCUT2D eigenvalue weighted by Gasteiger charge is -2.62. The van der Waals surface area contributed by atoms with Gasteiger partial charge >= 0.3 is 5.97 Å². The number of ketones is 2. The standard InChI is InChI=1S/C27H37FO6/c1-5-6-7-23(32)34-15-22(31)27(33)16(2)12-20-19-9-8-17-13-18(29)10-11-24(17,3)26(19,28)21(30)14-25(20,27)4/h10-11,13,16,19-21,30,33H,5-9,12,14-15H2,1-4H3/t16-,19+,20+,21+,24+,25+,26?,27+/m1/s1. The van der Waals surface area contributed by atoms with Crippen molar-refractivity contribution in [3.63, 3.8) is 0 Å². The molecule has 2 N–H and O–H groups in total. The summed E-state index contributed by atoms with van der Waals surface area (Å²) in [5.41, 5.74) is -5.34. The Morgan fingerprint density at radius 2 is 1.97 bits per heavy atom. The minimum Gasteiger partial charge on any atom is -0.458 e. The first-order valence-electron chi connectivity index (χ1n) is 12.6. The van der Waals surface area contributed by atoms with Crippen molar-refractivity contribution in [2.45, 2.75) is 90.0 Å². The lowest BCUT2D eigenvalue weighted by Crippen LogP contribution is -2.69. The fourth-order valence-corrected chi connectivity index (χ4v) is 7.79. The normalized spacial score (nSPS) is 45.1. The Bertz CT molecular complexity index is 957. The molecule has 7 heteroatoms. The van der Waals surface area contributed by atoms with Crippen LogP contribution in [-0.4, -0.2) is 51.7 Å². The molecule has 0 saturated heterocycles. The number of rotatable bonds is 6. The molecule has 0 aromatic rings. The van der Waals surface area contributed by atoms with Gasteiger partial charge in [0.2, 0.25) is 5.78 Å². The first-order chi connectivity index (χ1) is 15.9. The predicted octanol–water partition coefficient (Wildman–Crippen LogP) is 3.64. The summed E-state index contributed by atoms with van der Waals surface area (Å²) in [5.74, 6) is -2.64.